The minimum absolute atomic E-state index is 0.235. The van der Waals surface area contributed by atoms with Crippen LogP contribution >= 0.6 is 0 Å². The van der Waals surface area contributed by atoms with E-state index in [1.54, 1.807) is 38.3 Å². The molecule has 3 rings (SSSR count). The minimum Gasteiger partial charge on any atom is -0.497 e. The van der Waals surface area contributed by atoms with E-state index in [0.717, 1.165) is 11.3 Å². The van der Waals surface area contributed by atoms with Gasteiger partial charge in [-0.25, -0.2) is 0 Å². The Morgan fingerprint density at radius 2 is 1.61 bits per heavy atom. The third-order valence-corrected chi connectivity index (χ3v) is 4.09. The zero-order chi connectivity index (χ0) is 19.8. The third-order valence-electron chi connectivity index (χ3n) is 4.09. The smallest absolute Gasteiger partial charge is 0.265 e. The van der Waals surface area contributed by atoms with Crippen molar-refractivity contribution in [1.29, 1.82) is 0 Å². The van der Waals surface area contributed by atoms with E-state index in [1.165, 1.54) is 0 Å². The van der Waals surface area contributed by atoms with Crippen molar-refractivity contribution in [3.05, 3.63) is 84.4 Å². The molecule has 1 atom stereocenters. The van der Waals surface area contributed by atoms with Gasteiger partial charge in [0.05, 0.1) is 7.11 Å². The predicted molar refractivity (Wildman–Crippen MR) is 109 cm³/mol. The van der Waals surface area contributed by atoms with Gasteiger partial charge in [-0.2, -0.15) is 0 Å². The largest absolute Gasteiger partial charge is 0.497 e. The molecule has 3 aromatic rings. The fourth-order valence-electron chi connectivity index (χ4n) is 2.55. The van der Waals surface area contributed by atoms with Gasteiger partial charge in [0, 0.05) is 11.8 Å². The van der Waals surface area contributed by atoms with Crippen molar-refractivity contribution >= 4 is 11.6 Å². The highest BCUT2D eigenvalue weighted by molar-refractivity contribution is 5.94. The van der Waals surface area contributed by atoms with E-state index in [9.17, 15) is 4.79 Å². The van der Waals surface area contributed by atoms with E-state index in [-0.39, 0.29) is 5.91 Å². The fraction of sp³-hybridized carbons (Fsp3) is 0.174. The van der Waals surface area contributed by atoms with Crippen molar-refractivity contribution in [3.63, 3.8) is 0 Å². The summed E-state index contributed by atoms with van der Waals surface area (Å²) >= 11 is 0. The molecule has 28 heavy (non-hydrogen) atoms. The summed E-state index contributed by atoms with van der Waals surface area (Å²) < 4.78 is 16.6. The second kappa shape index (κ2) is 9.46. The number of nitrogens with one attached hydrogen (secondary N) is 1. The number of benzene rings is 3. The molecular formula is C23H23NO4. The van der Waals surface area contributed by atoms with Crippen LogP contribution in [-0.2, 0) is 11.4 Å². The number of hydrogen-bond donors (Lipinski definition) is 1. The van der Waals surface area contributed by atoms with E-state index >= 15 is 0 Å². The van der Waals surface area contributed by atoms with Gasteiger partial charge >= 0.3 is 0 Å². The molecule has 0 fully saturated rings. The van der Waals surface area contributed by atoms with Gasteiger partial charge in [-0.3, -0.25) is 4.79 Å². The lowest BCUT2D eigenvalue weighted by atomic mass is 10.2. The Hall–Kier alpha value is -3.47. The number of carbonyl (C=O) groups excluding carboxylic acids is 1. The predicted octanol–water partition coefficient (Wildman–Crippen LogP) is 4.68. The molecule has 0 heterocycles. The van der Waals surface area contributed by atoms with Crippen LogP contribution in [-0.4, -0.2) is 19.1 Å². The molecule has 0 saturated heterocycles. The monoisotopic (exact) mass is 377 g/mol. The van der Waals surface area contributed by atoms with Crippen LogP contribution in [0.4, 0.5) is 5.69 Å². The van der Waals surface area contributed by atoms with E-state index in [4.69, 9.17) is 14.2 Å². The lowest BCUT2D eigenvalue weighted by molar-refractivity contribution is -0.122. The molecule has 0 radical (unpaired) electrons. The lowest BCUT2D eigenvalue weighted by Gasteiger charge is -2.15. The highest BCUT2D eigenvalue weighted by Gasteiger charge is 2.15. The summed E-state index contributed by atoms with van der Waals surface area (Å²) in [5.41, 5.74) is 1.78. The quantitative estimate of drug-likeness (QED) is 0.619. The van der Waals surface area contributed by atoms with Crippen molar-refractivity contribution < 1.29 is 19.0 Å². The van der Waals surface area contributed by atoms with Crippen molar-refractivity contribution in [2.75, 3.05) is 12.4 Å². The first kappa shape index (κ1) is 19.3. The highest BCUT2D eigenvalue weighted by Crippen LogP contribution is 2.21. The summed E-state index contributed by atoms with van der Waals surface area (Å²) in [7, 11) is 1.59. The highest BCUT2D eigenvalue weighted by atomic mass is 16.5. The Morgan fingerprint density at radius 1 is 0.893 bits per heavy atom. The second-order valence-corrected chi connectivity index (χ2v) is 6.23. The number of ether oxygens (including phenoxy) is 3. The topological polar surface area (TPSA) is 56.8 Å². The van der Waals surface area contributed by atoms with E-state index in [0.29, 0.717) is 23.8 Å². The van der Waals surface area contributed by atoms with Gasteiger partial charge in [0.1, 0.15) is 23.9 Å². The summed E-state index contributed by atoms with van der Waals surface area (Å²) in [6.45, 7) is 2.20. The van der Waals surface area contributed by atoms with Gasteiger partial charge in [-0.05, 0) is 48.9 Å². The Labute approximate surface area is 164 Å². The van der Waals surface area contributed by atoms with Gasteiger partial charge in [0.15, 0.2) is 6.10 Å². The van der Waals surface area contributed by atoms with Crippen LogP contribution < -0.4 is 19.5 Å². The molecule has 0 aromatic heterocycles. The first-order valence-electron chi connectivity index (χ1n) is 9.02. The van der Waals surface area contributed by atoms with Gasteiger partial charge in [-0.15, -0.1) is 0 Å². The molecule has 0 aliphatic carbocycles. The fourth-order valence-corrected chi connectivity index (χ4v) is 2.55. The van der Waals surface area contributed by atoms with Gasteiger partial charge in [0.25, 0.3) is 5.91 Å². The zero-order valence-corrected chi connectivity index (χ0v) is 15.9. The average Bonchev–Trinajstić information content (AvgIpc) is 2.74. The van der Waals surface area contributed by atoms with Crippen LogP contribution in [0, 0.1) is 0 Å². The molecule has 0 aliphatic heterocycles. The first-order valence-corrected chi connectivity index (χ1v) is 9.02. The van der Waals surface area contributed by atoms with Crippen LogP contribution in [0.1, 0.15) is 12.5 Å². The number of amides is 1. The van der Waals surface area contributed by atoms with Crippen LogP contribution in [0.5, 0.6) is 17.2 Å². The van der Waals surface area contributed by atoms with Crippen molar-refractivity contribution in [1.82, 2.24) is 0 Å². The number of hydrogen-bond acceptors (Lipinski definition) is 4. The number of carbonyl (C=O) groups is 1. The molecule has 0 unspecified atom stereocenters. The van der Waals surface area contributed by atoms with E-state index in [1.807, 2.05) is 54.6 Å². The number of methoxy groups -OCH3 is 1. The minimum atomic E-state index is -0.652. The number of anilines is 1. The maximum absolute atomic E-state index is 12.4. The molecule has 0 saturated carbocycles. The standard InChI is InChI=1S/C23H23NO4/c1-17(28-22-10-6-9-21(15-22)26-2)23(25)24-19-11-13-20(14-12-19)27-16-18-7-4-3-5-8-18/h3-15,17H,16H2,1-2H3,(H,24,25)/t17-/m1/s1. The SMILES string of the molecule is COc1cccc(O[C@H](C)C(=O)Nc2ccc(OCc3ccccc3)cc2)c1. The Bertz CT molecular complexity index is 894. The van der Waals surface area contributed by atoms with Crippen LogP contribution in [0.2, 0.25) is 0 Å². The van der Waals surface area contributed by atoms with Crippen molar-refractivity contribution in [3.8, 4) is 17.2 Å². The maximum atomic E-state index is 12.4. The van der Waals surface area contributed by atoms with E-state index in [2.05, 4.69) is 5.32 Å². The maximum Gasteiger partial charge on any atom is 0.265 e. The molecule has 3 aromatic carbocycles. The third kappa shape index (κ3) is 5.51. The number of rotatable bonds is 8. The first-order chi connectivity index (χ1) is 13.6. The summed E-state index contributed by atoms with van der Waals surface area (Å²) in [5, 5.41) is 2.84. The van der Waals surface area contributed by atoms with Gasteiger partial charge < -0.3 is 19.5 Å². The molecule has 0 aliphatic rings. The van der Waals surface area contributed by atoms with Gasteiger partial charge in [-0.1, -0.05) is 36.4 Å². The second-order valence-electron chi connectivity index (χ2n) is 6.23. The van der Waals surface area contributed by atoms with Crippen LogP contribution in [0.3, 0.4) is 0 Å². The molecule has 5 heteroatoms. The van der Waals surface area contributed by atoms with Crippen molar-refractivity contribution in [2.24, 2.45) is 0 Å². The normalized spacial score (nSPS) is 11.4. The Balaban J connectivity index is 1.51. The zero-order valence-electron chi connectivity index (χ0n) is 15.9. The van der Waals surface area contributed by atoms with Crippen LogP contribution in [0.25, 0.3) is 0 Å². The molecule has 144 valence electrons. The molecule has 1 N–H and O–H groups in total. The molecule has 0 bridgehead atoms. The van der Waals surface area contributed by atoms with Crippen molar-refractivity contribution in [2.45, 2.75) is 19.6 Å². The molecule has 1 amide bonds. The van der Waals surface area contributed by atoms with Crippen LogP contribution in [0.15, 0.2) is 78.9 Å². The molecular weight excluding hydrogens is 354 g/mol. The Kier molecular flexibility index (Phi) is 6.52. The molecule has 0 spiro atoms. The lowest BCUT2D eigenvalue weighted by Crippen LogP contribution is -2.30. The summed E-state index contributed by atoms with van der Waals surface area (Å²) in [4.78, 5) is 12.4. The molecule has 5 nitrogen and oxygen atoms in total. The Morgan fingerprint density at radius 3 is 2.32 bits per heavy atom. The summed E-state index contributed by atoms with van der Waals surface area (Å²) in [5.74, 6) is 1.76. The summed E-state index contributed by atoms with van der Waals surface area (Å²) in [6, 6.07) is 24.4. The van der Waals surface area contributed by atoms with Gasteiger partial charge in [0.2, 0.25) is 0 Å². The summed E-state index contributed by atoms with van der Waals surface area (Å²) in [6.07, 6.45) is -0.652. The average molecular weight is 377 g/mol. The van der Waals surface area contributed by atoms with E-state index < -0.39 is 6.10 Å².